The van der Waals surface area contributed by atoms with Crippen molar-refractivity contribution < 1.29 is 17.9 Å². The Kier molecular flexibility index (Phi) is 5.79. The second-order valence-corrected chi connectivity index (χ2v) is 7.03. The number of piperazine rings is 1. The zero-order chi connectivity index (χ0) is 21.8. The molecule has 0 atom stereocenters. The third-order valence-corrected chi connectivity index (χ3v) is 5.10. The summed E-state index contributed by atoms with van der Waals surface area (Å²) >= 11 is 0. The maximum absolute atomic E-state index is 13.0. The largest absolute Gasteiger partial charge is 0.497 e. The molecule has 1 aliphatic heterocycles. The highest BCUT2D eigenvalue weighted by molar-refractivity contribution is 5.50. The van der Waals surface area contributed by atoms with Crippen LogP contribution in [0.4, 0.5) is 18.9 Å². The smallest absolute Gasteiger partial charge is 0.416 e. The zero-order valence-corrected chi connectivity index (χ0v) is 16.8. The summed E-state index contributed by atoms with van der Waals surface area (Å²) in [4.78, 5) is 4.05. The van der Waals surface area contributed by atoms with Crippen molar-refractivity contribution in [2.24, 2.45) is 0 Å². The standard InChI is InChI=1S/C21H21F3N6O/c1-31-19-7-5-17(6-8-19)30-20(25-26-27-30)9-10-28-11-13-29(14-12-28)18-4-2-3-16(15-18)21(22,23)24/h2-10,15H,11-14H2,1H3. The van der Waals surface area contributed by atoms with Crippen molar-refractivity contribution >= 4 is 11.8 Å². The normalized spacial score (nSPS) is 15.0. The average molecular weight is 430 g/mol. The van der Waals surface area contributed by atoms with Gasteiger partial charge in [0.25, 0.3) is 0 Å². The van der Waals surface area contributed by atoms with Crippen LogP contribution in [-0.2, 0) is 6.18 Å². The topological polar surface area (TPSA) is 59.3 Å². The van der Waals surface area contributed by atoms with Crippen molar-refractivity contribution in [1.82, 2.24) is 25.1 Å². The van der Waals surface area contributed by atoms with E-state index in [1.165, 1.54) is 12.1 Å². The summed E-state index contributed by atoms with van der Waals surface area (Å²) in [5.41, 5.74) is 0.763. The summed E-state index contributed by atoms with van der Waals surface area (Å²) < 4.78 is 45.7. The predicted octanol–water partition coefficient (Wildman–Crippen LogP) is 3.48. The minimum absolute atomic E-state index is 0.575. The third-order valence-electron chi connectivity index (χ3n) is 5.10. The molecular weight excluding hydrogens is 409 g/mol. The molecule has 0 saturated carbocycles. The number of ether oxygens (including phenoxy) is 1. The molecule has 0 radical (unpaired) electrons. The molecule has 0 N–H and O–H groups in total. The SMILES string of the molecule is COc1ccc(-n2nnnc2C=CN2CCN(c3cccc(C(F)(F)F)c3)CC2)cc1. The molecule has 0 spiro atoms. The summed E-state index contributed by atoms with van der Waals surface area (Å²) in [6, 6.07) is 12.8. The van der Waals surface area contributed by atoms with E-state index in [9.17, 15) is 13.2 Å². The van der Waals surface area contributed by atoms with Crippen LogP contribution in [0.3, 0.4) is 0 Å². The van der Waals surface area contributed by atoms with Crippen LogP contribution >= 0.6 is 0 Å². The van der Waals surface area contributed by atoms with Crippen LogP contribution < -0.4 is 9.64 Å². The van der Waals surface area contributed by atoms with Gasteiger partial charge in [-0.05, 0) is 52.9 Å². The molecule has 2 aromatic carbocycles. The Bertz CT molecular complexity index is 1040. The van der Waals surface area contributed by atoms with Gasteiger partial charge in [0, 0.05) is 44.1 Å². The van der Waals surface area contributed by atoms with E-state index in [4.69, 9.17) is 4.74 Å². The van der Waals surface area contributed by atoms with E-state index in [-0.39, 0.29) is 0 Å². The van der Waals surface area contributed by atoms with E-state index in [0.717, 1.165) is 17.5 Å². The van der Waals surface area contributed by atoms with Crippen molar-refractivity contribution in [2.45, 2.75) is 6.18 Å². The van der Waals surface area contributed by atoms with Crippen LogP contribution in [0.1, 0.15) is 11.4 Å². The molecule has 0 amide bonds. The van der Waals surface area contributed by atoms with Gasteiger partial charge in [-0.3, -0.25) is 0 Å². The molecule has 4 rings (SSSR count). The van der Waals surface area contributed by atoms with Crippen LogP contribution in [-0.4, -0.2) is 58.4 Å². The molecule has 0 bridgehead atoms. The maximum atomic E-state index is 13.0. The number of benzene rings is 2. The molecule has 162 valence electrons. The lowest BCUT2D eigenvalue weighted by molar-refractivity contribution is -0.137. The van der Waals surface area contributed by atoms with Gasteiger partial charge >= 0.3 is 6.18 Å². The fourth-order valence-corrected chi connectivity index (χ4v) is 3.39. The zero-order valence-electron chi connectivity index (χ0n) is 16.8. The van der Waals surface area contributed by atoms with Gasteiger partial charge in [0.1, 0.15) is 5.75 Å². The number of anilines is 1. The van der Waals surface area contributed by atoms with Gasteiger partial charge in [-0.2, -0.15) is 17.9 Å². The highest BCUT2D eigenvalue weighted by Crippen LogP contribution is 2.31. The summed E-state index contributed by atoms with van der Waals surface area (Å²) in [6.07, 6.45) is -0.603. The second kappa shape index (κ2) is 8.66. The number of hydrogen-bond acceptors (Lipinski definition) is 6. The van der Waals surface area contributed by atoms with Gasteiger partial charge in [-0.25, -0.2) is 0 Å². The van der Waals surface area contributed by atoms with Gasteiger partial charge in [-0.15, -0.1) is 5.10 Å². The summed E-state index contributed by atoms with van der Waals surface area (Å²) in [7, 11) is 1.60. The average Bonchev–Trinajstić information content (AvgIpc) is 3.26. The maximum Gasteiger partial charge on any atom is 0.416 e. The molecule has 0 unspecified atom stereocenters. The van der Waals surface area contributed by atoms with Crippen molar-refractivity contribution in [3.8, 4) is 11.4 Å². The Morgan fingerprint density at radius 1 is 0.968 bits per heavy atom. The number of halogens is 3. The molecule has 1 aromatic heterocycles. The molecule has 2 heterocycles. The molecule has 1 saturated heterocycles. The molecular formula is C21H21F3N6O. The van der Waals surface area contributed by atoms with Crippen molar-refractivity contribution in [3.05, 3.63) is 66.1 Å². The van der Waals surface area contributed by atoms with E-state index in [1.54, 1.807) is 17.9 Å². The Morgan fingerprint density at radius 3 is 2.39 bits per heavy atom. The Morgan fingerprint density at radius 2 is 1.71 bits per heavy atom. The lowest BCUT2D eigenvalue weighted by atomic mass is 10.1. The third kappa shape index (κ3) is 4.79. The van der Waals surface area contributed by atoms with Crippen molar-refractivity contribution in [2.75, 3.05) is 38.2 Å². The predicted molar refractivity (Wildman–Crippen MR) is 110 cm³/mol. The van der Waals surface area contributed by atoms with E-state index in [2.05, 4.69) is 20.4 Å². The molecule has 0 aliphatic carbocycles. The quantitative estimate of drug-likeness (QED) is 0.618. The van der Waals surface area contributed by atoms with Crippen molar-refractivity contribution in [1.29, 1.82) is 0 Å². The Balaban J connectivity index is 1.39. The van der Waals surface area contributed by atoms with Crippen LogP contribution in [0.2, 0.25) is 0 Å². The van der Waals surface area contributed by atoms with E-state index in [1.807, 2.05) is 41.4 Å². The van der Waals surface area contributed by atoms with E-state index >= 15 is 0 Å². The lowest BCUT2D eigenvalue weighted by Gasteiger charge is -2.35. The Labute approximate surface area is 177 Å². The molecule has 10 heteroatoms. The van der Waals surface area contributed by atoms with Crippen LogP contribution in [0, 0.1) is 0 Å². The number of nitrogens with zero attached hydrogens (tertiary/aromatic N) is 6. The van der Waals surface area contributed by atoms with Crippen molar-refractivity contribution in [3.63, 3.8) is 0 Å². The fraction of sp³-hybridized carbons (Fsp3) is 0.286. The van der Waals surface area contributed by atoms with Gasteiger partial charge in [0.15, 0.2) is 5.82 Å². The van der Waals surface area contributed by atoms with Crippen LogP contribution in [0.15, 0.2) is 54.7 Å². The molecule has 1 aliphatic rings. The highest BCUT2D eigenvalue weighted by atomic mass is 19.4. The monoisotopic (exact) mass is 430 g/mol. The fourth-order valence-electron chi connectivity index (χ4n) is 3.39. The first-order chi connectivity index (χ1) is 14.9. The number of hydrogen-bond donors (Lipinski definition) is 0. The summed E-state index contributed by atoms with van der Waals surface area (Å²) in [5.74, 6) is 1.32. The van der Waals surface area contributed by atoms with Gasteiger partial charge in [-0.1, -0.05) is 6.07 Å². The molecule has 7 nitrogen and oxygen atoms in total. The molecule has 31 heavy (non-hydrogen) atoms. The summed E-state index contributed by atoms with van der Waals surface area (Å²) in [6.45, 7) is 2.60. The molecule has 3 aromatic rings. The first-order valence-corrected chi connectivity index (χ1v) is 9.71. The second-order valence-electron chi connectivity index (χ2n) is 7.03. The van der Waals surface area contributed by atoms with Gasteiger partial charge in [0.2, 0.25) is 0 Å². The minimum atomic E-state index is -4.34. The number of methoxy groups -OCH3 is 1. The first kappa shape index (κ1) is 20.7. The van der Waals surface area contributed by atoms with E-state index < -0.39 is 11.7 Å². The summed E-state index contributed by atoms with van der Waals surface area (Å²) in [5, 5.41) is 11.8. The molecule has 1 fully saturated rings. The Hall–Kier alpha value is -3.56. The number of rotatable bonds is 5. The van der Waals surface area contributed by atoms with Gasteiger partial charge in [0.05, 0.1) is 18.4 Å². The van der Waals surface area contributed by atoms with E-state index in [0.29, 0.717) is 37.7 Å². The lowest BCUT2D eigenvalue weighted by Crippen LogP contribution is -2.44. The number of alkyl halides is 3. The first-order valence-electron chi connectivity index (χ1n) is 9.71. The number of aromatic nitrogens is 4. The van der Waals surface area contributed by atoms with Crippen LogP contribution in [0.5, 0.6) is 5.75 Å². The highest BCUT2D eigenvalue weighted by Gasteiger charge is 2.31. The van der Waals surface area contributed by atoms with Gasteiger partial charge < -0.3 is 14.5 Å². The van der Waals surface area contributed by atoms with Crippen LogP contribution in [0.25, 0.3) is 11.8 Å². The minimum Gasteiger partial charge on any atom is -0.497 e. The number of tetrazole rings is 1.